The maximum Gasteiger partial charge on any atom is 0.184 e. The zero-order valence-corrected chi connectivity index (χ0v) is 10.7. The Balaban J connectivity index is 2.18. The summed E-state index contributed by atoms with van der Waals surface area (Å²) in [5, 5.41) is 3.96. The van der Waals surface area contributed by atoms with E-state index in [4.69, 9.17) is 10.2 Å². The van der Waals surface area contributed by atoms with Gasteiger partial charge < -0.3 is 10.2 Å². The van der Waals surface area contributed by atoms with Crippen molar-refractivity contribution in [3.63, 3.8) is 0 Å². The molecule has 0 aliphatic heterocycles. The van der Waals surface area contributed by atoms with Gasteiger partial charge in [-0.3, -0.25) is 5.43 Å². The Kier molecular flexibility index (Phi) is 3.74. The van der Waals surface area contributed by atoms with Crippen molar-refractivity contribution >= 4 is 23.5 Å². The number of hydrazone groups is 1. The van der Waals surface area contributed by atoms with E-state index in [-0.39, 0.29) is 5.11 Å². The lowest BCUT2D eigenvalue weighted by Crippen LogP contribution is -2.23. The van der Waals surface area contributed by atoms with Crippen LogP contribution in [0.15, 0.2) is 45.9 Å². The zero-order valence-electron chi connectivity index (χ0n) is 9.88. The summed E-state index contributed by atoms with van der Waals surface area (Å²) >= 11 is 4.63. The molecular formula is C13H13N3OS. The first-order chi connectivity index (χ1) is 8.66. The molecule has 0 bridgehead atoms. The van der Waals surface area contributed by atoms with Crippen LogP contribution in [0.2, 0.25) is 0 Å². The normalized spacial score (nSPS) is 10.7. The molecule has 0 aliphatic carbocycles. The van der Waals surface area contributed by atoms with Gasteiger partial charge in [0.15, 0.2) is 5.11 Å². The van der Waals surface area contributed by atoms with E-state index < -0.39 is 0 Å². The van der Waals surface area contributed by atoms with Crippen molar-refractivity contribution in [3.05, 3.63) is 47.7 Å². The van der Waals surface area contributed by atoms with Crippen LogP contribution >= 0.6 is 12.2 Å². The Morgan fingerprint density at radius 1 is 1.33 bits per heavy atom. The molecule has 0 aliphatic rings. The van der Waals surface area contributed by atoms with Gasteiger partial charge in [-0.05, 0) is 36.8 Å². The second-order valence-electron chi connectivity index (χ2n) is 3.75. The fourth-order valence-electron chi connectivity index (χ4n) is 1.58. The molecule has 0 saturated carbocycles. The molecule has 0 fully saturated rings. The summed E-state index contributed by atoms with van der Waals surface area (Å²) in [6.45, 7) is 2.04. The molecule has 3 N–H and O–H groups in total. The summed E-state index contributed by atoms with van der Waals surface area (Å²) in [7, 11) is 0. The van der Waals surface area contributed by atoms with Crippen LogP contribution in [0.1, 0.15) is 11.3 Å². The molecule has 92 valence electrons. The topological polar surface area (TPSA) is 63.5 Å². The van der Waals surface area contributed by atoms with Gasteiger partial charge in [0.1, 0.15) is 11.5 Å². The molecule has 0 spiro atoms. The molecule has 1 aromatic carbocycles. The van der Waals surface area contributed by atoms with E-state index >= 15 is 0 Å². The molecule has 1 heterocycles. The van der Waals surface area contributed by atoms with Gasteiger partial charge in [0, 0.05) is 5.56 Å². The first kappa shape index (κ1) is 12.3. The summed E-state index contributed by atoms with van der Waals surface area (Å²) in [5.74, 6) is 1.45. The van der Waals surface area contributed by atoms with Gasteiger partial charge in [0.25, 0.3) is 0 Å². The van der Waals surface area contributed by atoms with Gasteiger partial charge in [-0.25, -0.2) is 0 Å². The average molecular weight is 259 g/mol. The fourth-order valence-corrected chi connectivity index (χ4v) is 1.63. The maximum absolute atomic E-state index is 5.66. The predicted octanol–water partition coefficient (Wildman–Crippen LogP) is 2.42. The molecule has 0 unspecified atom stereocenters. The lowest BCUT2D eigenvalue weighted by Gasteiger charge is -2.00. The first-order valence-electron chi connectivity index (χ1n) is 5.41. The number of nitrogens with one attached hydrogen (secondary N) is 1. The molecule has 0 radical (unpaired) electrons. The number of furan rings is 1. The Labute approximate surface area is 110 Å². The molecule has 2 aromatic rings. The molecule has 2 rings (SSSR count). The zero-order chi connectivity index (χ0) is 13.0. The van der Waals surface area contributed by atoms with E-state index in [9.17, 15) is 0 Å². The third-order valence-corrected chi connectivity index (χ3v) is 2.50. The van der Waals surface area contributed by atoms with Crippen molar-refractivity contribution in [1.82, 2.24) is 5.43 Å². The quantitative estimate of drug-likeness (QED) is 0.505. The van der Waals surface area contributed by atoms with Crippen LogP contribution in [0.4, 0.5) is 0 Å². The van der Waals surface area contributed by atoms with Gasteiger partial charge in [-0.1, -0.05) is 24.3 Å². The Bertz CT molecular complexity index is 589. The van der Waals surface area contributed by atoms with Crippen molar-refractivity contribution in [2.24, 2.45) is 10.8 Å². The predicted molar refractivity (Wildman–Crippen MR) is 76.4 cm³/mol. The number of benzene rings is 1. The van der Waals surface area contributed by atoms with Crippen molar-refractivity contribution < 1.29 is 4.42 Å². The van der Waals surface area contributed by atoms with Gasteiger partial charge in [0.2, 0.25) is 0 Å². The smallest absolute Gasteiger partial charge is 0.184 e. The standard InChI is InChI=1S/C13H13N3OS/c1-9-4-2-3-5-11(9)12-7-6-10(17-12)8-15-16-13(14)18/h2-8H,1H3,(H3,14,16,18)/b15-8+. The van der Waals surface area contributed by atoms with Crippen LogP contribution < -0.4 is 11.2 Å². The van der Waals surface area contributed by atoms with Gasteiger partial charge >= 0.3 is 0 Å². The first-order valence-corrected chi connectivity index (χ1v) is 5.82. The molecule has 0 saturated heterocycles. The van der Waals surface area contributed by atoms with Crippen LogP contribution in [0.5, 0.6) is 0 Å². The molecule has 4 nitrogen and oxygen atoms in total. The molecule has 5 heteroatoms. The number of nitrogens with two attached hydrogens (primary N) is 1. The minimum Gasteiger partial charge on any atom is -0.455 e. The van der Waals surface area contributed by atoms with Crippen LogP contribution in [0.3, 0.4) is 0 Å². The molecule has 18 heavy (non-hydrogen) atoms. The second-order valence-corrected chi connectivity index (χ2v) is 4.19. The van der Waals surface area contributed by atoms with E-state index in [1.807, 2.05) is 43.3 Å². The lowest BCUT2D eigenvalue weighted by molar-refractivity contribution is 0.574. The van der Waals surface area contributed by atoms with Crippen LogP contribution in [-0.2, 0) is 0 Å². The monoisotopic (exact) mass is 259 g/mol. The van der Waals surface area contributed by atoms with E-state index in [1.54, 1.807) is 0 Å². The van der Waals surface area contributed by atoms with E-state index in [0.29, 0.717) is 5.76 Å². The summed E-state index contributed by atoms with van der Waals surface area (Å²) < 4.78 is 5.66. The molecule has 1 aromatic heterocycles. The number of thiocarbonyl (C=S) groups is 1. The number of rotatable bonds is 3. The maximum atomic E-state index is 5.66. The molecule has 0 amide bonds. The van der Waals surface area contributed by atoms with Crippen molar-refractivity contribution in [3.8, 4) is 11.3 Å². The average Bonchev–Trinajstić information content (AvgIpc) is 2.78. The minimum absolute atomic E-state index is 0.122. The van der Waals surface area contributed by atoms with Gasteiger partial charge in [-0.2, -0.15) is 5.10 Å². The Morgan fingerprint density at radius 2 is 2.11 bits per heavy atom. The van der Waals surface area contributed by atoms with Crippen molar-refractivity contribution in [2.45, 2.75) is 6.92 Å². The van der Waals surface area contributed by atoms with Crippen LogP contribution in [-0.4, -0.2) is 11.3 Å². The highest BCUT2D eigenvalue weighted by Gasteiger charge is 2.05. The van der Waals surface area contributed by atoms with Crippen LogP contribution in [0, 0.1) is 6.92 Å². The van der Waals surface area contributed by atoms with Gasteiger partial charge in [0.05, 0.1) is 6.21 Å². The number of nitrogens with zero attached hydrogens (tertiary/aromatic N) is 1. The van der Waals surface area contributed by atoms with Crippen molar-refractivity contribution in [2.75, 3.05) is 0 Å². The van der Waals surface area contributed by atoms with E-state index in [1.165, 1.54) is 6.21 Å². The minimum atomic E-state index is 0.122. The largest absolute Gasteiger partial charge is 0.455 e. The van der Waals surface area contributed by atoms with Crippen LogP contribution in [0.25, 0.3) is 11.3 Å². The summed E-state index contributed by atoms with van der Waals surface area (Å²) in [4.78, 5) is 0. The van der Waals surface area contributed by atoms with E-state index in [0.717, 1.165) is 16.9 Å². The highest BCUT2D eigenvalue weighted by Crippen LogP contribution is 2.24. The highest BCUT2D eigenvalue weighted by atomic mass is 32.1. The molecule has 0 atom stereocenters. The summed E-state index contributed by atoms with van der Waals surface area (Å²) in [6, 6.07) is 11.8. The number of hydrogen-bond acceptors (Lipinski definition) is 3. The lowest BCUT2D eigenvalue weighted by atomic mass is 10.1. The fraction of sp³-hybridized carbons (Fsp3) is 0.0769. The Hall–Kier alpha value is -2.14. The Morgan fingerprint density at radius 3 is 2.83 bits per heavy atom. The summed E-state index contributed by atoms with van der Waals surface area (Å²) in [5.41, 5.74) is 9.95. The number of hydrogen-bond donors (Lipinski definition) is 2. The SMILES string of the molecule is Cc1ccccc1-c1ccc(/C=N/NC(N)=S)o1. The highest BCUT2D eigenvalue weighted by molar-refractivity contribution is 7.80. The molecular weight excluding hydrogens is 246 g/mol. The third kappa shape index (κ3) is 2.95. The van der Waals surface area contributed by atoms with Crippen molar-refractivity contribution in [1.29, 1.82) is 0 Å². The number of aryl methyl sites for hydroxylation is 1. The third-order valence-electron chi connectivity index (χ3n) is 2.40. The van der Waals surface area contributed by atoms with E-state index in [2.05, 4.69) is 22.7 Å². The van der Waals surface area contributed by atoms with Gasteiger partial charge in [-0.15, -0.1) is 0 Å². The summed E-state index contributed by atoms with van der Waals surface area (Å²) in [6.07, 6.45) is 1.53. The second kappa shape index (κ2) is 5.46.